The van der Waals surface area contributed by atoms with Crippen molar-refractivity contribution in [3.8, 4) is 11.1 Å². The molecule has 0 bridgehead atoms. The minimum atomic E-state index is -4.71. The maximum Gasteiger partial charge on any atom is 0.00498 e. The predicted octanol–water partition coefficient (Wildman–Crippen LogP) is 11.5. The fourth-order valence-corrected chi connectivity index (χ4v) is 23.7. The van der Waals surface area contributed by atoms with E-state index in [0.717, 1.165) is 0 Å². The molecule has 3 aliphatic rings. The minimum Gasteiger partial charge on any atom is -0.0622 e. The molecule has 1 fully saturated rings. The fraction of sp³-hybridized carbons (Fsp3) is 0.351. The third-order valence-electron chi connectivity index (χ3n) is 8.90. The summed E-state index contributed by atoms with van der Waals surface area (Å²) < 4.78 is 4.73. The second-order valence-corrected chi connectivity index (χ2v) is 44.4. The smallest absolute Gasteiger partial charge is 0.00498 e. The standard InChI is InChI=1S/C21H25.C10H11.C5H5.CH2.2ClH.Hf/c1-20(2,3)16-7-9-18-14(12-16)11-15-13-17(21(4,5)6)8-10-19(15)18;1-2-5-9(6-3-1)10-7-4-8-10;1-2-4-5-3-1;;;;/h7-13H,1-6H3;1-3,5-6H,4,7-8H2;1-5H;1H2;2*1H;/q;;;;;;+2/p-2. The van der Waals surface area contributed by atoms with Gasteiger partial charge in [0.05, 0.1) is 0 Å². The van der Waals surface area contributed by atoms with Crippen LogP contribution >= 0.6 is 17.2 Å². The molecule has 0 spiro atoms. The molecule has 3 heteroatoms. The summed E-state index contributed by atoms with van der Waals surface area (Å²) in [5, 5.41) is 0. The van der Waals surface area contributed by atoms with Gasteiger partial charge in [0, 0.05) is 5.92 Å². The topological polar surface area (TPSA) is 0 Å². The molecule has 0 heterocycles. The normalized spacial score (nSPS) is 17.7. The molecule has 3 aromatic carbocycles. The summed E-state index contributed by atoms with van der Waals surface area (Å²) in [6.07, 6.45) is 12.5. The first-order valence-electron chi connectivity index (χ1n) is 14.6. The van der Waals surface area contributed by atoms with Crippen LogP contribution in [0, 0.1) is 5.92 Å². The summed E-state index contributed by atoms with van der Waals surface area (Å²) in [4.78, 5) is 0. The van der Waals surface area contributed by atoms with Crippen molar-refractivity contribution in [1.29, 1.82) is 0 Å². The quantitative estimate of drug-likeness (QED) is 0.235. The van der Waals surface area contributed by atoms with Crippen LogP contribution in [0.25, 0.3) is 11.1 Å². The van der Waals surface area contributed by atoms with E-state index in [1.54, 1.807) is 5.92 Å². The summed E-state index contributed by atoms with van der Waals surface area (Å²) >= 11 is -4.71. The first kappa shape index (κ1) is 29.9. The van der Waals surface area contributed by atoms with Crippen molar-refractivity contribution in [3.05, 3.63) is 125 Å². The number of benzene rings is 3. The first-order valence-corrected chi connectivity index (χ1v) is 30.2. The molecule has 0 amide bonds. The molecule has 0 saturated heterocycles. The molecule has 1 radical (unpaired) electrons. The van der Waals surface area contributed by atoms with Gasteiger partial charge >= 0.3 is 191 Å². The Kier molecular flexibility index (Phi) is 7.95. The zero-order valence-corrected chi connectivity index (χ0v) is 30.0. The van der Waals surface area contributed by atoms with Crippen LogP contribution in [0.15, 0.2) is 91.0 Å². The predicted molar refractivity (Wildman–Crippen MR) is 175 cm³/mol. The van der Waals surface area contributed by atoms with Crippen LogP contribution in [-0.4, -0.2) is 4.26 Å². The van der Waals surface area contributed by atoms with Gasteiger partial charge < -0.3 is 0 Å². The van der Waals surface area contributed by atoms with Gasteiger partial charge in [0.25, 0.3) is 0 Å². The Morgan fingerprint density at radius 2 is 1.18 bits per heavy atom. The van der Waals surface area contributed by atoms with E-state index >= 15 is 0 Å². The Hall–Kier alpha value is -1.54. The van der Waals surface area contributed by atoms with Gasteiger partial charge in [-0.15, -0.1) is 0 Å². The van der Waals surface area contributed by atoms with Gasteiger partial charge in [-0.05, 0) is 18.4 Å². The molecule has 209 valence electrons. The summed E-state index contributed by atoms with van der Waals surface area (Å²) in [6, 6.07) is 24.5. The van der Waals surface area contributed by atoms with Gasteiger partial charge in [-0.25, -0.2) is 0 Å². The maximum absolute atomic E-state index is 7.56. The van der Waals surface area contributed by atoms with Crippen LogP contribution in [0.3, 0.4) is 0 Å². The molecule has 3 aromatic rings. The van der Waals surface area contributed by atoms with Crippen molar-refractivity contribution in [3.63, 3.8) is 0 Å². The van der Waals surface area contributed by atoms with E-state index in [4.69, 9.17) is 21.4 Å². The largest absolute Gasteiger partial charge is 0.0622 e. The molecule has 40 heavy (non-hydrogen) atoms. The average Bonchev–Trinajstić information content (AvgIpc) is 3.50. The first-order chi connectivity index (χ1) is 18.7. The summed E-state index contributed by atoms with van der Waals surface area (Å²) in [6.45, 7) is 13.5. The van der Waals surface area contributed by atoms with E-state index in [2.05, 4.69) is 133 Å². The van der Waals surface area contributed by atoms with Gasteiger partial charge in [0.2, 0.25) is 0 Å². The number of fused-ring (bicyclic) bond motifs is 3. The zero-order chi connectivity index (χ0) is 28.9. The number of hydrogen-bond acceptors (Lipinski definition) is 0. The minimum absolute atomic E-state index is 0.0164. The second kappa shape index (κ2) is 10.6. The van der Waals surface area contributed by atoms with E-state index in [9.17, 15) is 0 Å². The molecule has 0 N–H and O–H groups in total. The third-order valence-corrected chi connectivity index (χ3v) is 29.3. The molecule has 0 aliphatic heterocycles. The van der Waals surface area contributed by atoms with Crippen molar-refractivity contribution in [2.24, 2.45) is 0 Å². The molecule has 0 aromatic heterocycles. The van der Waals surface area contributed by atoms with Crippen molar-refractivity contribution >= 4 is 21.4 Å². The number of halogens is 2. The van der Waals surface area contributed by atoms with Crippen molar-refractivity contribution in [2.45, 2.75) is 79.0 Å². The molecule has 1 saturated carbocycles. The van der Waals surface area contributed by atoms with Gasteiger partial charge in [-0.1, -0.05) is 36.8 Å². The molecule has 3 aliphatic carbocycles. The number of rotatable bonds is 3. The molecule has 6 rings (SSSR count). The molecular weight excluding hydrogens is 694 g/mol. The van der Waals surface area contributed by atoms with Crippen molar-refractivity contribution in [2.75, 3.05) is 0 Å². The number of allylic oxidation sites excluding steroid dienone is 4. The van der Waals surface area contributed by atoms with Gasteiger partial charge in [0.1, 0.15) is 0 Å². The van der Waals surface area contributed by atoms with Crippen LogP contribution in [0.4, 0.5) is 0 Å². The SMILES string of the molecule is [CH2]=[Hf]([Cl])([Cl])([CH]1C=CC=C1)[CH]1c2cc(C(C)(C)C)ccc2-c2ccc(C(C)(C)C)cc21.c1ccc([C]2CCC2)cc1. The maximum atomic E-state index is 7.56. The zero-order valence-electron chi connectivity index (χ0n) is 24.9. The average molecular weight is 737 g/mol. The number of hydrogen-bond donors (Lipinski definition) is 0. The van der Waals surface area contributed by atoms with E-state index in [1.807, 2.05) is 0 Å². The van der Waals surface area contributed by atoms with Gasteiger partial charge in [-0.3, -0.25) is 0 Å². The van der Waals surface area contributed by atoms with Crippen molar-refractivity contribution < 1.29 is 15.7 Å². The molecule has 0 nitrogen and oxygen atoms in total. The third kappa shape index (κ3) is 5.73. The van der Waals surface area contributed by atoms with Crippen LogP contribution < -0.4 is 0 Å². The Morgan fingerprint density at radius 1 is 0.700 bits per heavy atom. The monoisotopic (exact) mass is 737 g/mol. The van der Waals surface area contributed by atoms with Crippen LogP contribution in [0.2, 0.25) is 3.67 Å². The van der Waals surface area contributed by atoms with Crippen molar-refractivity contribution in [1.82, 2.24) is 0 Å². The Morgan fingerprint density at radius 3 is 1.57 bits per heavy atom. The van der Waals surface area contributed by atoms with Crippen LogP contribution in [0.1, 0.15) is 92.3 Å². The molecule has 0 atom stereocenters. The van der Waals surface area contributed by atoms with Gasteiger partial charge in [-0.2, -0.15) is 0 Å². The summed E-state index contributed by atoms with van der Waals surface area (Å²) in [7, 11) is 15.1. The van der Waals surface area contributed by atoms with E-state index < -0.39 is 15.7 Å². The fourth-order valence-electron chi connectivity index (χ4n) is 6.16. The van der Waals surface area contributed by atoms with Crippen LogP contribution in [-0.2, 0) is 26.5 Å². The Bertz CT molecular complexity index is 1440. The van der Waals surface area contributed by atoms with Gasteiger partial charge in [0.15, 0.2) is 0 Å². The molecular formula is C37H43Cl2Hf. The Labute approximate surface area is 250 Å². The summed E-state index contributed by atoms with van der Waals surface area (Å²) in [5.41, 5.74) is 9.27. The molecule has 0 unspecified atom stereocenters. The Balaban J connectivity index is 0.000000269. The van der Waals surface area contributed by atoms with E-state index in [-0.39, 0.29) is 18.2 Å². The van der Waals surface area contributed by atoms with Crippen LogP contribution in [0.5, 0.6) is 0 Å². The van der Waals surface area contributed by atoms with E-state index in [1.165, 1.54) is 58.2 Å². The van der Waals surface area contributed by atoms with E-state index in [0.29, 0.717) is 0 Å². The summed E-state index contributed by atoms with van der Waals surface area (Å²) in [5.74, 6) is 1.64. The second-order valence-electron chi connectivity index (χ2n) is 14.0.